The highest BCUT2D eigenvalue weighted by molar-refractivity contribution is 5.77. The Balaban J connectivity index is 1.80. The van der Waals surface area contributed by atoms with Crippen LogP contribution < -0.4 is 0 Å². The van der Waals surface area contributed by atoms with Crippen LogP contribution in [0.4, 0.5) is 0 Å². The van der Waals surface area contributed by atoms with Gasteiger partial charge in [-0.3, -0.25) is 0 Å². The predicted octanol–water partition coefficient (Wildman–Crippen LogP) is 1.74. The monoisotopic (exact) mass is 311 g/mol. The molecule has 1 aliphatic rings. The van der Waals surface area contributed by atoms with Crippen LogP contribution in [-0.4, -0.2) is 43.1 Å². The summed E-state index contributed by atoms with van der Waals surface area (Å²) >= 11 is 0. The Morgan fingerprint density at radius 2 is 1.87 bits per heavy atom. The summed E-state index contributed by atoms with van der Waals surface area (Å²) < 4.78 is 7.44. The Labute approximate surface area is 133 Å². The molecule has 2 aromatic heterocycles. The number of rotatable bonds is 2. The molecule has 3 heterocycles. The minimum atomic E-state index is -0.990. The third kappa shape index (κ3) is 2.31. The second-order valence-corrected chi connectivity index (χ2v) is 5.77. The van der Waals surface area contributed by atoms with Crippen molar-refractivity contribution in [3.63, 3.8) is 0 Å². The first-order valence-electron chi connectivity index (χ1n) is 7.56. The van der Waals surface area contributed by atoms with Crippen molar-refractivity contribution in [3.05, 3.63) is 48.8 Å². The maximum absolute atomic E-state index is 10.2. The molecule has 4 rings (SSSR count). The first-order chi connectivity index (χ1) is 11.1. The first-order valence-corrected chi connectivity index (χ1v) is 7.56. The van der Waals surface area contributed by atoms with E-state index in [1.165, 1.54) is 0 Å². The Hall–Kier alpha value is -2.28. The number of aliphatic hydroxyl groups excluding tert-OH is 2. The van der Waals surface area contributed by atoms with Crippen molar-refractivity contribution < 1.29 is 14.9 Å². The van der Waals surface area contributed by atoms with Gasteiger partial charge in [-0.05, 0) is 13.0 Å². The van der Waals surface area contributed by atoms with Gasteiger partial charge < -0.3 is 19.5 Å². The van der Waals surface area contributed by atoms with Crippen LogP contribution in [0.2, 0.25) is 0 Å². The fourth-order valence-electron chi connectivity index (χ4n) is 2.93. The minimum Gasteiger partial charge on any atom is -0.388 e. The number of hydrogen-bond acceptors (Lipinski definition) is 5. The molecule has 0 radical (unpaired) electrons. The zero-order chi connectivity index (χ0) is 16.0. The van der Waals surface area contributed by atoms with E-state index in [2.05, 4.69) is 9.97 Å². The van der Waals surface area contributed by atoms with Crippen LogP contribution in [0.3, 0.4) is 0 Å². The summed E-state index contributed by atoms with van der Waals surface area (Å²) in [7, 11) is 0. The topological polar surface area (TPSA) is 80.4 Å². The summed E-state index contributed by atoms with van der Waals surface area (Å²) in [5.41, 5.74) is 1.59. The summed E-state index contributed by atoms with van der Waals surface area (Å²) in [5.74, 6) is 0.610. The molecule has 0 unspecified atom stereocenters. The van der Waals surface area contributed by atoms with Gasteiger partial charge in [-0.2, -0.15) is 0 Å². The number of ether oxygens (including phenoxy) is 1. The van der Waals surface area contributed by atoms with Gasteiger partial charge in [-0.1, -0.05) is 30.3 Å². The van der Waals surface area contributed by atoms with E-state index in [4.69, 9.17) is 4.74 Å². The molecule has 118 valence electrons. The molecule has 4 atom stereocenters. The number of hydrogen-bond donors (Lipinski definition) is 2. The number of fused-ring (bicyclic) bond motifs is 1. The van der Waals surface area contributed by atoms with Crippen LogP contribution in [0.1, 0.15) is 13.2 Å². The molecule has 1 aliphatic heterocycles. The van der Waals surface area contributed by atoms with Crippen molar-refractivity contribution in [2.45, 2.75) is 31.5 Å². The molecule has 0 amide bonds. The smallest absolute Gasteiger partial charge is 0.164 e. The van der Waals surface area contributed by atoms with Crippen LogP contribution in [0, 0.1) is 0 Å². The lowest BCUT2D eigenvalue weighted by Crippen LogP contribution is -2.30. The van der Waals surface area contributed by atoms with Crippen molar-refractivity contribution >= 4 is 11.0 Å². The van der Waals surface area contributed by atoms with E-state index in [9.17, 15) is 10.2 Å². The quantitative estimate of drug-likeness (QED) is 0.753. The fourth-order valence-corrected chi connectivity index (χ4v) is 2.93. The zero-order valence-electron chi connectivity index (χ0n) is 12.6. The van der Waals surface area contributed by atoms with Crippen LogP contribution in [0.25, 0.3) is 22.4 Å². The van der Waals surface area contributed by atoms with Gasteiger partial charge in [0.05, 0.1) is 6.10 Å². The Kier molecular flexibility index (Phi) is 3.37. The van der Waals surface area contributed by atoms with Crippen molar-refractivity contribution in [1.29, 1.82) is 0 Å². The molecule has 3 aromatic rings. The van der Waals surface area contributed by atoms with Crippen LogP contribution in [0.5, 0.6) is 0 Å². The molecule has 0 saturated carbocycles. The maximum atomic E-state index is 10.2. The van der Waals surface area contributed by atoms with E-state index < -0.39 is 24.5 Å². The minimum absolute atomic E-state index is 0.428. The fraction of sp³-hybridized carbons (Fsp3) is 0.294. The molecule has 0 bridgehead atoms. The van der Waals surface area contributed by atoms with E-state index in [-0.39, 0.29) is 0 Å². The SMILES string of the molecule is C[C@H]1O[C@@H](n2ccc3cnc(-c4ccccc4)nc32)[C@H](O)[C@@H]1O. The molecule has 1 fully saturated rings. The van der Waals surface area contributed by atoms with E-state index >= 15 is 0 Å². The van der Waals surface area contributed by atoms with Gasteiger partial charge in [0, 0.05) is 23.3 Å². The molecular weight excluding hydrogens is 294 g/mol. The van der Waals surface area contributed by atoms with Crippen LogP contribution in [-0.2, 0) is 4.74 Å². The highest BCUT2D eigenvalue weighted by Gasteiger charge is 2.41. The van der Waals surface area contributed by atoms with Crippen LogP contribution >= 0.6 is 0 Å². The third-order valence-electron chi connectivity index (χ3n) is 4.24. The second kappa shape index (κ2) is 5.42. The average Bonchev–Trinajstić information content (AvgIpc) is 3.11. The largest absolute Gasteiger partial charge is 0.388 e. The normalized spacial score (nSPS) is 27.6. The predicted molar refractivity (Wildman–Crippen MR) is 84.6 cm³/mol. The Morgan fingerprint density at radius 1 is 1.09 bits per heavy atom. The standard InChI is InChI=1S/C17H17N3O3/c1-10-13(21)14(22)17(23-10)20-8-7-12-9-18-15(19-16(12)20)11-5-3-2-4-6-11/h2-10,13-14,17,21-22H,1H3/t10-,13-,14-,17-/m1/s1. The number of benzene rings is 1. The average molecular weight is 311 g/mol. The van der Waals surface area contributed by atoms with Gasteiger partial charge in [-0.25, -0.2) is 9.97 Å². The lowest BCUT2D eigenvalue weighted by atomic mass is 10.1. The van der Waals surface area contributed by atoms with E-state index in [0.717, 1.165) is 10.9 Å². The first kappa shape index (κ1) is 14.3. The summed E-state index contributed by atoms with van der Waals surface area (Å²) in [6.07, 6.45) is 0.567. The van der Waals surface area contributed by atoms with Crippen molar-refractivity contribution in [3.8, 4) is 11.4 Å². The van der Waals surface area contributed by atoms with Gasteiger partial charge in [0.25, 0.3) is 0 Å². The molecule has 6 heteroatoms. The van der Waals surface area contributed by atoms with Gasteiger partial charge in [0.15, 0.2) is 12.1 Å². The summed E-state index contributed by atoms with van der Waals surface area (Å²) in [4.78, 5) is 9.00. The molecule has 1 aromatic carbocycles. The zero-order valence-corrected chi connectivity index (χ0v) is 12.6. The van der Waals surface area contributed by atoms with E-state index in [1.807, 2.05) is 36.4 Å². The van der Waals surface area contributed by atoms with Gasteiger partial charge in [0.2, 0.25) is 0 Å². The molecule has 0 aliphatic carbocycles. The number of aromatic nitrogens is 3. The molecule has 23 heavy (non-hydrogen) atoms. The Bertz CT molecular complexity index is 833. The molecule has 0 spiro atoms. The molecular formula is C17H17N3O3. The highest BCUT2D eigenvalue weighted by Crippen LogP contribution is 2.32. The summed E-state index contributed by atoms with van der Waals surface area (Å²) in [5, 5.41) is 21.0. The van der Waals surface area contributed by atoms with E-state index in [1.54, 1.807) is 23.9 Å². The third-order valence-corrected chi connectivity index (χ3v) is 4.24. The lowest BCUT2D eigenvalue weighted by molar-refractivity contribution is -0.0296. The maximum Gasteiger partial charge on any atom is 0.164 e. The Morgan fingerprint density at radius 3 is 2.57 bits per heavy atom. The summed E-state index contributed by atoms with van der Waals surface area (Å²) in [6.45, 7) is 1.74. The van der Waals surface area contributed by atoms with Crippen molar-refractivity contribution in [2.75, 3.05) is 0 Å². The second-order valence-electron chi connectivity index (χ2n) is 5.77. The van der Waals surface area contributed by atoms with Gasteiger partial charge in [0.1, 0.15) is 17.9 Å². The molecule has 2 N–H and O–H groups in total. The van der Waals surface area contributed by atoms with Gasteiger partial charge >= 0.3 is 0 Å². The highest BCUT2D eigenvalue weighted by atomic mass is 16.6. The van der Waals surface area contributed by atoms with E-state index in [0.29, 0.717) is 11.5 Å². The molecule has 6 nitrogen and oxygen atoms in total. The number of aliphatic hydroxyl groups is 2. The number of nitrogens with zero attached hydrogens (tertiary/aromatic N) is 3. The van der Waals surface area contributed by atoms with Crippen LogP contribution in [0.15, 0.2) is 48.8 Å². The summed E-state index contributed by atoms with van der Waals surface area (Å²) in [6, 6.07) is 11.6. The molecule has 1 saturated heterocycles. The van der Waals surface area contributed by atoms with Crippen molar-refractivity contribution in [1.82, 2.24) is 14.5 Å². The van der Waals surface area contributed by atoms with Crippen molar-refractivity contribution in [2.24, 2.45) is 0 Å². The van der Waals surface area contributed by atoms with Gasteiger partial charge in [-0.15, -0.1) is 0 Å². The lowest BCUT2D eigenvalue weighted by Gasteiger charge is -2.17.